The van der Waals surface area contributed by atoms with Gasteiger partial charge in [0.2, 0.25) is 5.91 Å². The van der Waals surface area contributed by atoms with Crippen molar-refractivity contribution < 1.29 is 14.3 Å². The highest BCUT2D eigenvalue weighted by atomic mass is 35.5. The molecule has 1 aliphatic heterocycles. The van der Waals surface area contributed by atoms with Gasteiger partial charge in [0.1, 0.15) is 19.8 Å². The van der Waals surface area contributed by atoms with Crippen LogP contribution in [-0.4, -0.2) is 28.7 Å². The van der Waals surface area contributed by atoms with Crippen LogP contribution in [0, 0.1) is 0 Å². The van der Waals surface area contributed by atoms with Crippen LogP contribution in [0.15, 0.2) is 41.5 Å². The Hall–Kier alpha value is -2.77. The van der Waals surface area contributed by atoms with E-state index in [0.717, 1.165) is 31.2 Å². The number of halogens is 2. The molecule has 1 N–H and O–H groups in total. The zero-order valence-corrected chi connectivity index (χ0v) is 18.7. The van der Waals surface area contributed by atoms with Gasteiger partial charge in [-0.05, 0) is 42.7 Å². The molecule has 0 spiro atoms. The molecule has 0 bridgehead atoms. The van der Waals surface area contributed by atoms with E-state index in [-0.39, 0.29) is 23.4 Å². The molecule has 0 atom stereocenters. The Morgan fingerprint density at radius 1 is 1.09 bits per heavy atom. The first-order chi connectivity index (χ1) is 15.4. The number of fused-ring (bicyclic) bond motifs is 2. The number of aromatic nitrogens is 2. The molecule has 2 aliphatic rings. The zero-order valence-electron chi connectivity index (χ0n) is 17.2. The average molecular weight is 474 g/mol. The second-order valence-corrected chi connectivity index (χ2v) is 9.00. The first kappa shape index (κ1) is 21.1. The van der Waals surface area contributed by atoms with Gasteiger partial charge in [0.05, 0.1) is 27.8 Å². The summed E-state index contributed by atoms with van der Waals surface area (Å²) in [6.45, 7) is 0.874. The molecule has 1 amide bonds. The normalized spacial score (nSPS) is 16.8. The second-order valence-electron chi connectivity index (χ2n) is 8.16. The third-order valence-corrected chi connectivity index (χ3v) is 6.60. The molecule has 9 heteroatoms. The molecule has 166 valence electrons. The summed E-state index contributed by atoms with van der Waals surface area (Å²) in [5, 5.41) is 4.10. The van der Waals surface area contributed by atoms with Crippen molar-refractivity contribution in [3.05, 3.63) is 62.6 Å². The predicted octanol–water partition coefficient (Wildman–Crippen LogP) is 4.06. The molecule has 0 unspecified atom stereocenters. The molecule has 1 aromatic heterocycles. The summed E-state index contributed by atoms with van der Waals surface area (Å²) in [4.78, 5) is 30.2. The lowest BCUT2D eigenvalue weighted by Crippen LogP contribution is -2.46. The highest BCUT2D eigenvalue weighted by Crippen LogP contribution is 2.42. The molecule has 2 aromatic carbocycles. The second kappa shape index (κ2) is 8.30. The first-order valence-electron chi connectivity index (χ1n) is 10.5. The molecule has 0 saturated heterocycles. The van der Waals surface area contributed by atoms with Gasteiger partial charge in [0.25, 0.3) is 5.56 Å². The summed E-state index contributed by atoms with van der Waals surface area (Å²) in [5.74, 6) is 1.14. The maximum absolute atomic E-state index is 13.1. The Morgan fingerprint density at radius 2 is 1.84 bits per heavy atom. The van der Waals surface area contributed by atoms with Crippen molar-refractivity contribution >= 4 is 40.0 Å². The number of ether oxygens (including phenoxy) is 2. The van der Waals surface area contributed by atoms with Crippen molar-refractivity contribution in [1.82, 2.24) is 14.9 Å². The van der Waals surface area contributed by atoms with Gasteiger partial charge in [0, 0.05) is 5.02 Å². The zero-order chi connectivity index (χ0) is 22.3. The van der Waals surface area contributed by atoms with Crippen molar-refractivity contribution in [2.45, 2.75) is 37.8 Å². The van der Waals surface area contributed by atoms with E-state index in [1.165, 1.54) is 23.0 Å². The highest BCUT2D eigenvalue weighted by Gasteiger charge is 2.38. The quantitative estimate of drug-likeness (QED) is 0.617. The summed E-state index contributed by atoms with van der Waals surface area (Å²) >= 11 is 12.2. The highest BCUT2D eigenvalue weighted by molar-refractivity contribution is 6.38. The number of nitrogens with one attached hydrogen (secondary N) is 1. The number of hydrogen-bond donors (Lipinski definition) is 1. The van der Waals surface area contributed by atoms with E-state index < -0.39 is 5.54 Å². The molecule has 1 aliphatic carbocycles. The van der Waals surface area contributed by atoms with Crippen molar-refractivity contribution in [3.8, 4) is 11.5 Å². The van der Waals surface area contributed by atoms with Gasteiger partial charge in [-0.2, -0.15) is 0 Å². The van der Waals surface area contributed by atoms with Crippen LogP contribution in [-0.2, 0) is 16.9 Å². The van der Waals surface area contributed by atoms with E-state index >= 15 is 0 Å². The van der Waals surface area contributed by atoms with Crippen LogP contribution in [0.2, 0.25) is 10.0 Å². The molecular formula is C23H21Cl2N3O4. The smallest absolute Gasteiger partial charge is 0.261 e. The number of amides is 1. The molecule has 3 aromatic rings. The third kappa shape index (κ3) is 3.80. The number of hydrogen-bond acceptors (Lipinski definition) is 5. The fourth-order valence-electron chi connectivity index (χ4n) is 4.57. The maximum Gasteiger partial charge on any atom is 0.261 e. The molecule has 5 rings (SSSR count). The number of nitrogens with zero attached hydrogens (tertiary/aromatic N) is 2. The average Bonchev–Trinajstić information content (AvgIpc) is 3.25. The third-order valence-electron chi connectivity index (χ3n) is 6.09. The van der Waals surface area contributed by atoms with Crippen LogP contribution < -0.4 is 20.3 Å². The van der Waals surface area contributed by atoms with Gasteiger partial charge < -0.3 is 14.8 Å². The van der Waals surface area contributed by atoms with Gasteiger partial charge in [-0.15, -0.1) is 0 Å². The Labute approximate surface area is 194 Å². The van der Waals surface area contributed by atoms with E-state index in [1.54, 1.807) is 0 Å². The Bertz CT molecular complexity index is 1270. The maximum atomic E-state index is 13.1. The van der Waals surface area contributed by atoms with Crippen LogP contribution in [0.25, 0.3) is 10.9 Å². The number of benzene rings is 2. The van der Waals surface area contributed by atoms with E-state index in [0.29, 0.717) is 40.3 Å². The minimum atomic E-state index is -0.507. The Morgan fingerprint density at radius 3 is 2.62 bits per heavy atom. The Balaban J connectivity index is 1.42. The van der Waals surface area contributed by atoms with Gasteiger partial charge in [-0.1, -0.05) is 42.1 Å². The molecule has 1 saturated carbocycles. The van der Waals surface area contributed by atoms with Crippen LogP contribution >= 0.6 is 23.2 Å². The van der Waals surface area contributed by atoms with Crippen molar-refractivity contribution in [2.24, 2.45) is 0 Å². The number of rotatable bonds is 4. The molecular weight excluding hydrogens is 453 g/mol. The lowest BCUT2D eigenvalue weighted by molar-refractivity contribution is -0.123. The fraction of sp³-hybridized carbons (Fsp3) is 0.348. The van der Waals surface area contributed by atoms with Crippen molar-refractivity contribution in [3.63, 3.8) is 0 Å². The van der Waals surface area contributed by atoms with E-state index in [9.17, 15) is 9.59 Å². The van der Waals surface area contributed by atoms with Gasteiger partial charge in [-0.25, -0.2) is 4.98 Å². The molecule has 1 fully saturated rings. The fourth-order valence-corrected chi connectivity index (χ4v) is 5.12. The monoisotopic (exact) mass is 473 g/mol. The van der Waals surface area contributed by atoms with Gasteiger partial charge in [0.15, 0.2) is 11.5 Å². The molecule has 2 heterocycles. The minimum Gasteiger partial charge on any atom is -0.486 e. The summed E-state index contributed by atoms with van der Waals surface area (Å²) < 4.78 is 12.6. The molecule has 7 nitrogen and oxygen atoms in total. The summed E-state index contributed by atoms with van der Waals surface area (Å²) in [6.07, 6.45) is 4.98. The van der Waals surface area contributed by atoms with E-state index in [1.807, 2.05) is 18.2 Å². The molecule has 0 radical (unpaired) electrons. The van der Waals surface area contributed by atoms with E-state index in [4.69, 9.17) is 32.7 Å². The first-order valence-corrected chi connectivity index (χ1v) is 11.3. The SMILES string of the molecule is O=C(Cn1cnc2c(Cl)cc(Cl)cc2c1=O)NC1(c2ccc3c(c2)OCCO3)CCCC1. The Kier molecular flexibility index (Phi) is 5.47. The van der Waals surface area contributed by atoms with Crippen molar-refractivity contribution in [2.75, 3.05) is 13.2 Å². The van der Waals surface area contributed by atoms with Crippen LogP contribution in [0.5, 0.6) is 11.5 Å². The van der Waals surface area contributed by atoms with Gasteiger partial charge in [-0.3, -0.25) is 14.2 Å². The topological polar surface area (TPSA) is 82.5 Å². The van der Waals surface area contributed by atoms with Crippen molar-refractivity contribution in [1.29, 1.82) is 0 Å². The van der Waals surface area contributed by atoms with Crippen LogP contribution in [0.3, 0.4) is 0 Å². The van der Waals surface area contributed by atoms with E-state index in [2.05, 4.69) is 10.3 Å². The minimum absolute atomic E-state index is 0.155. The number of carbonyl (C=O) groups is 1. The lowest BCUT2D eigenvalue weighted by atomic mass is 9.87. The molecule has 32 heavy (non-hydrogen) atoms. The largest absolute Gasteiger partial charge is 0.486 e. The van der Waals surface area contributed by atoms with Gasteiger partial charge >= 0.3 is 0 Å². The van der Waals surface area contributed by atoms with Crippen LogP contribution in [0.1, 0.15) is 31.2 Å². The lowest BCUT2D eigenvalue weighted by Gasteiger charge is -2.32. The predicted molar refractivity (Wildman–Crippen MR) is 122 cm³/mol. The standard InChI is InChI=1S/C23H21Cl2N3O4/c24-15-10-16-21(17(25)11-15)26-13-28(22(16)30)12-20(29)27-23(5-1-2-6-23)14-3-4-18-19(9-14)32-8-7-31-18/h3-4,9-11,13H,1-2,5-8,12H2,(H,27,29). The summed E-state index contributed by atoms with van der Waals surface area (Å²) in [6, 6.07) is 8.87. The van der Waals surface area contributed by atoms with Crippen LogP contribution in [0.4, 0.5) is 0 Å². The number of carbonyl (C=O) groups excluding carboxylic acids is 1. The summed E-state index contributed by atoms with van der Waals surface area (Å²) in [7, 11) is 0. The summed E-state index contributed by atoms with van der Waals surface area (Å²) in [5.41, 5.74) is 0.471.